The van der Waals surface area contributed by atoms with Crippen molar-refractivity contribution in [2.24, 2.45) is 0 Å². The summed E-state index contributed by atoms with van der Waals surface area (Å²) in [6.07, 6.45) is -4.64. The Morgan fingerprint density at radius 2 is 1.47 bits per heavy atom. The Morgan fingerprint density at radius 1 is 0.842 bits per heavy atom. The van der Waals surface area contributed by atoms with Gasteiger partial charge in [-0.2, -0.15) is 13.2 Å². The minimum Gasteiger partial charge on any atom is -0.423 e. The van der Waals surface area contributed by atoms with Gasteiger partial charge >= 0.3 is 13.3 Å². The summed E-state index contributed by atoms with van der Waals surface area (Å²) < 4.78 is 38.6. The zero-order valence-corrected chi connectivity index (χ0v) is 9.72. The highest BCUT2D eigenvalue weighted by Gasteiger charge is 2.36. The van der Waals surface area contributed by atoms with E-state index in [0.29, 0.717) is 11.1 Å². The molecule has 0 saturated carbocycles. The smallest absolute Gasteiger partial charge is 0.423 e. The van der Waals surface area contributed by atoms with Crippen molar-refractivity contribution < 1.29 is 23.2 Å². The Kier molecular flexibility index (Phi) is 3.64. The monoisotopic (exact) mass is 266 g/mol. The molecule has 0 heterocycles. The van der Waals surface area contributed by atoms with E-state index in [1.807, 2.05) is 0 Å². The molecule has 0 fully saturated rings. The van der Waals surface area contributed by atoms with E-state index in [2.05, 4.69) is 0 Å². The summed E-state index contributed by atoms with van der Waals surface area (Å²) in [6.45, 7) is 0. The molecule has 6 heteroatoms. The van der Waals surface area contributed by atoms with Gasteiger partial charge in [0.15, 0.2) is 0 Å². The molecule has 0 aromatic heterocycles. The SMILES string of the molecule is OB(O)c1ccc(-c2ccccc2)cc1C(F)(F)F. The lowest BCUT2D eigenvalue weighted by Crippen LogP contribution is -2.36. The molecule has 0 spiro atoms. The Labute approximate surface area is 108 Å². The molecule has 0 bridgehead atoms. The molecule has 0 aliphatic rings. The highest BCUT2D eigenvalue weighted by atomic mass is 19.4. The molecule has 0 atom stereocenters. The molecule has 2 aromatic rings. The van der Waals surface area contributed by atoms with Crippen LogP contribution < -0.4 is 5.46 Å². The van der Waals surface area contributed by atoms with E-state index in [4.69, 9.17) is 10.0 Å². The molecule has 2 rings (SSSR count). The lowest BCUT2D eigenvalue weighted by molar-refractivity contribution is -0.136. The zero-order chi connectivity index (χ0) is 14.0. The first-order chi connectivity index (χ1) is 8.89. The fraction of sp³-hybridized carbons (Fsp3) is 0.0769. The van der Waals surface area contributed by atoms with Crippen LogP contribution in [0, 0.1) is 0 Å². The maximum atomic E-state index is 12.9. The number of rotatable bonds is 2. The van der Waals surface area contributed by atoms with Crippen LogP contribution in [0.25, 0.3) is 11.1 Å². The van der Waals surface area contributed by atoms with Crippen LogP contribution >= 0.6 is 0 Å². The molecule has 0 aliphatic carbocycles. The first-order valence-corrected chi connectivity index (χ1v) is 5.52. The van der Waals surface area contributed by atoms with Gasteiger partial charge in [0.1, 0.15) is 0 Å². The Hall–Kier alpha value is -1.79. The summed E-state index contributed by atoms with van der Waals surface area (Å²) in [5, 5.41) is 18.0. The van der Waals surface area contributed by atoms with Crippen LogP contribution in [0.3, 0.4) is 0 Å². The molecule has 0 saturated heterocycles. The molecular formula is C13H10BF3O2. The first-order valence-electron chi connectivity index (χ1n) is 5.52. The maximum Gasteiger partial charge on any atom is 0.489 e. The second-order valence-corrected chi connectivity index (χ2v) is 4.04. The Morgan fingerprint density at radius 3 is 2.00 bits per heavy atom. The molecule has 0 unspecified atom stereocenters. The summed E-state index contributed by atoms with van der Waals surface area (Å²) in [4.78, 5) is 0. The fourth-order valence-corrected chi connectivity index (χ4v) is 1.84. The van der Waals surface area contributed by atoms with Crippen molar-refractivity contribution in [2.45, 2.75) is 6.18 Å². The molecule has 0 radical (unpaired) electrons. The minimum atomic E-state index is -4.64. The topological polar surface area (TPSA) is 40.5 Å². The lowest BCUT2D eigenvalue weighted by Gasteiger charge is -2.14. The largest absolute Gasteiger partial charge is 0.489 e. The van der Waals surface area contributed by atoms with Crippen molar-refractivity contribution in [1.29, 1.82) is 0 Å². The van der Waals surface area contributed by atoms with E-state index < -0.39 is 24.3 Å². The van der Waals surface area contributed by atoms with Gasteiger partial charge in [-0.05, 0) is 22.7 Å². The fourth-order valence-electron chi connectivity index (χ4n) is 1.84. The lowest BCUT2D eigenvalue weighted by atomic mass is 9.76. The predicted molar refractivity (Wildman–Crippen MR) is 66.7 cm³/mol. The average molecular weight is 266 g/mol. The quantitative estimate of drug-likeness (QED) is 0.817. The van der Waals surface area contributed by atoms with Crippen LogP contribution in [-0.4, -0.2) is 17.2 Å². The molecular weight excluding hydrogens is 256 g/mol. The minimum absolute atomic E-state index is 0.373. The second kappa shape index (κ2) is 5.07. The van der Waals surface area contributed by atoms with Gasteiger partial charge in [0.25, 0.3) is 0 Å². The molecule has 0 aliphatic heterocycles. The van der Waals surface area contributed by atoms with Crippen LogP contribution in [-0.2, 0) is 6.18 Å². The normalized spacial score (nSPS) is 11.4. The third-order valence-electron chi connectivity index (χ3n) is 2.74. The van der Waals surface area contributed by atoms with Crippen molar-refractivity contribution in [1.82, 2.24) is 0 Å². The molecule has 2 nitrogen and oxygen atoms in total. The highest BCUT2D eigenvalue weighted by Crippen LogP contribution is 2.31. The first kappa shape index (κ1) is 13.6. The molecule has 19 heavy (non-hydrogen) atoms. The van der Waals surface area contributed by atoms with Crippen molar-refractivity contribution in [2.75, 3.05) is 0 Å². The molecule has 2 N–H and O–H groups in total. The molecule has 98 valence electrons. The van der Waals surface area contributed by atoms with E-state index in [1.54, 1.807) is 30.3 Å². The van der Waals surface area contributed by atoms with Gasteiger partial charge in [-0.25, -0.2) is 0 Å². The Bertz CT molecular complexity index is 568. The number of halogens is 3. The number of hydrogen-bond acceptors (Lipinski definition) is 2. The van der Waals surface area contributed by atoms with E-state index >= 15 is 0 Å². The van der Waals surface area contributed by atoms with Gasteiger partial charge < -0.3 is 10.0 Å². The second-order valence-electron chi connectivity index (χ2n) is 4.04. The van der Waals surface area contributed by atoms with Gasteiger partial charge in [0.2, 0.25) is 0 Å². The molecule has 0 amide bonds. The van der Waals surface area contributed by atoms with Crippen LogP contribution in [0.15, 0.2) is 48.5 Å². The molecule has 2 aromatic carbocycles. The van der Waals surface area contributed by atoms with E-state index in [0.717, 1.165) is 12.1 Å². The standard InChI is InChI=1S/C13H10BF3O2/c15-13(16,17)11-8-10(6-7-12(11)14(18)19)9-4-2-1-3-5-9/h1-8,18-19H. The average Bonchev–Trinajstić information content (AvgIpc) is 2.38. The summed E-state index contributed by atoms with van der Waals surface area (Å²) in [7, 11) is -2.15. The number of alkyl halides is 3. The van der Waals surface area contributed by atoms with Crippen molar-refractivity contribution in [3.63, 3.8) is 0 Å². The van der Waals surface area contributed by atoms with Gasteiger partial charge in [-0.3, -0.25) is 0 Å². The number of benzene rings is 2. The number of hydrogen-bond donors (Lipinski definition) is 2. The zero-order valence-electron chi connectivity index (χ0n) is 9.72. The van der Waals surface area contributed by atoms with Crippen molar-refractivity contribution in [3.8, 4) is 11.1 Å². The Balaban J connectivity index is 2.57. The summed E-state index contributed by atoms with van der Waals surface area (Å²) >= 11 is 0. The van der Waals surface area contributed by atoms with Crippen LogP contribution in [0.2, 0.25) is 0 Å². The van der Waals surface area contributed by atoms with Crippen LogP contribution in [0.5, 0.6) is 0 Å². The van der Waals surface area contributed by atoms with E-state index in [9.17, 15) is 13.2 Å². The van der Waals surface area contributed by atoms with Gasteiger partial charge in [-0.15, -0.1) is 0 Å². The van der Waals surface area contributed by atoms with Gasteiger partial charge in [0, 0.05) is 0 Å². The van der Waals surface area contributed by atoms with Crippen molar-refractivity contribution in [3.05, 3.63) is 54.1 Å². The summed E-state index contributed by atoms with van der Waals surface area (Å²) in [6, 6.07) is 12.0. The highest BCUT2D eigenvalue weighted by molar-refractivity contribution is 6.59. The van der Waals surface area contributed by atoms with Gasteiger partial charge in [0.05, 0.1) is 5.56 Å². The third-order valence-corrected chi connectivity index (χ3v) is 2.74. The van der Waals surface area contributed by atoms with E-state index in [-0.39, 0.29) is 0 Å². The van der Waals surface area contributed by atoms with E-state index in [1.165, 1.54) is 6.07 Å². The van der Waals surface area contributed by atoms with Gasteiger partial charge in [-0.1, -0.05) is 42.5 Å². The summed E-state index contributed by atoms with van der Waals surface area (Å²) in [5.74, 6) is 0. The summed E-state index contributed by atoms with van der Waals surface area (Å²) in [5.41, 5.74) is -0.583. The third kappa shape index (κ3) is 2.97. The maximum absolute atomic E-state index is 12.9. The predicted octanol–water partition coefficient (Wildman–Crippen LogP) is 2.05. The van der Waals surface area contributed by atoms with Crippen molar-refractivity contribution >= 4 is 12.6 Å². The van der Waals surface area contributed by atoms with Crippen LogP contribution in [0.1, 0.15) is 5.56 Å². The van der Waals surface area contributed by atoms with Crippen LogP contribution in [0.4, 0.5) is 13.2 Å².